The number of benzene rings is 2. The third kappa shape index (κ3) is 4.88. The summed E-state index contributed by atoms with van der Waals surface area (Å²) in [5.74, 6) is 0.305. The van der Waals surface area contributed by atoms with E-state index < -0.39 is 0 Å². The van der Waals surface area contributed by atoms with E-state index in [1.807, 2.05) is 31.2 Å². The molecule has 2 atom stereocenters. The first-order chi connectivity index (χ1) is 12.4. The van der Waals surface area contributed by atoms with Crippen molar-refractivity contribution in [3.05, 3.63) is 53.6 Å². The molecule has 26 heavy (non-hydrogen) atoms. The Morgan fingerprint density at radius 3 is 2.31 bits per heavy atom. The number of carbonyl (C=O) groups is 2. The molecule has 2 aromatic carbocycles. The largest absolute Gasteiger partial charge is 0.347 e. The number of hydrogen-bond acceptors (Lipinski definition) is 3. The first kappa shape index (κ1) is 18.5. The van der Waals surface area contributed by atoms with E-state index >= 15 is 0 Å². The van der Waals surface area contributed by atoms with Crippen molar-refractivity contribution < 1.29 is 9.59 Å². The Morgan fingerprint density at radius 2 is 1.69 bits per heavy atom. The van der Waals surface area contributed by atoms with E-state index in [9.17, 15) is 9.59 Å². The van der Waals surface area contributed by atoms with Crippen molar-refractivity contribution in [2.75, 3.05) is 11.9 Å². The molecule has 0 bridgehead atoms. The second kappa shape index (κ2) is 7.96. The zero-order valence-corrected chi connectivity index (χ0v) is 16.2. The Balaban J connectivity index is 1.49. The molecule has 2 N–H and O–H groups in total. The molecule has 3 rings (SSSR count). The van der Waals surface area contributed by atoms with Crippen LogP contribution in [0.5, 0.6) is 0 Å². The van der Waals surface area contributed by atoms with Crippen molar-refractivity contribution >= 4 is 29.3 Å². The molecule has 2 amide bonds. The molecule has 0 aromatic heterocycles. The Bertz CT molecular complexity index is 817. The molecule has 0 aliphatic heterocycles. The van der Waals surface area contributed by atoms with E-state index in [0.717, 1.165) is 17.0 Å². The van der Waals surface area contributed by atoms with E-state index in [2.05, 4.69) is 42.7 Å². The van der Waals surface area contributed by atoms with Gasteiger partial charge in [-0.1, -0.05) is 24.8 Å². The van der Waals surface area contributed by atoms with Gasteiger partial charge in [0.1, 0.15) is 0 Å². The van der Waals surface area contributed by atoms with E-state index in [4.69, 9.17) is 0 Å². The van der Waals surface area contributed by atoms with Crippen molar-refractivity contribution in [2.45, 2.75) is 37.0 Å². The highest BCUT2D eigenvalue weighted by atomic mass is 32.2. The average molecular weight is 369 g/mol. The van der Waals surface area contributed by atoms with Crippen molar-refractivity contribution in [3.63, 3.8) is 0 Å². The van der Waals surface area contributed by atoms with Crippen molar-refractivity contribution in [3.8, 4) is 0 Å². The summed E-state index contributed by atoms with van der Waals surface area (Å²) in [5.41, 5.74) is 3.30. The number of hydrogen-bond donors (Lipinski definition) is 2. The van der Waals surface area contributed by atoms with Crippen LogP contribution in [0.4, 0.5) is 5.69 Å². The maximum Gasteiger partial charge on any atom is 0.243 e. The quantitative estimate of drug-likeness (QED) is 0.805. The number of carbonyl (C=O) groups excluding carboxylic acids is 2. The highest BCUT2D eigenvalue weighted by Gasteiger charge is 2.38. The van der Waals surface area contributed by atoms with Crippen molar-refractivity contribution in [2.24, 2.45) is 11.8 Å². The van der Waals surface area contributed by atoms with Gasteiger partial charge in [0.2, 0.25) is 11.8 Å². The predicted molar refractivity (Wildman–Crippen MR) is 105 cm³/mol. The molecule has 0 spiro atoms. The Labute approximate surface area is 158 Å². The normalized spacial score (nSPS) is 18.3. The molecular formula is C21H24N2O2S. The monoisotopic (exact) mass is 368 g/mol. The number of aryl methyl sites for hydroxylation is 2. The minimum absolute atomic E-state index is 0.0151. The lowest BCUT2D eigenvalue weighted by Crippen LogP contribution is -2.34. The van der Waals surface area contributed by atoms with Gasteiger partial charge in [0.25, 0.3) is 0 Å². The highest BCUT2D eigenvalue weighted by molar-refractivity contribution is 7.99. The average Bonchev–Trinajstić information content (AvgIpc) is 3.35. The molecule has 5 heteroatoms. The van der Waals surface area contributed by atoms with Gasteiger partial charge in [0.15, 0.2) is 0 Å². The maximum absolute atomic E-state index is 12.0. The minimum Gasteiger partial charge on any atom is -0.347 e. The Kier molecular flexibility index (Phi) is 5.67. The molecule has 1 fully saturated rings. The molecule has 4 nitrogen and oxygen atoms in total. The first-order valence-electron chi connectivity index (χ1n) is 8.85. The number of nitrogens with one attached hydrogen (secondary N) is 2. The lowest BCUT2D eigenvalue weighted by Gasteiger charge is -2.08. The molecule has 136 valence electrons. The zero-order valence-electron chi connectivity index (χ0n) is 15.3. The summed E-state index contributed by atoms with van der Waals surface area (Å²) in [7, 11) is 0. The number of rotatable bonds is 6. The van der Waals surface area contributed by atoms with Crippen LogP contribution in [0.2, 0.25) is 0 Å². The van der Waals surface area contributed by atoms with E-state index in [1.165, 1.54) is 16.0 Å². The number of anilines is 1. The van der Waals surface area contributed by atoms with Gasteiger partial charge in [-0.2, -0.15) is 0 Å². The third-order valence-corrected chi connectivity index (χ3v) is 5.72. The summed E-state index contributed by atoms with van der Waals surface area (Å²) in [6, 6.07) is 14.2. The van der Waals surface area contributed by atoms with Crippen molar-refractivity contribution in [1.29, 1.82) is 0 Å². The van der Waals surface area contributed by atoms with Gasteiger partial charge >= 0.3 is 0 Å². The molecular weight excluding hydrogens is 344 g/mol. The highest BCUT2D eigenvalue weighted by Crippen LogP contribution is 2.37. The summed E-state index contributed by atoms with van der Waals surface area (Å²) in [4.78, 5) is 26.0. The van der Waals surface area contributed by atoms with Crippen LogP contribution in [0.25, 0.3) is 0 Å². The maximum atomic E-state index is 12.0. The minimum atomic E-state index is -0.207. The van der Waals surface area contributed by atoms with Crippen LogP contribution < -0.4 is 10.6 Å². The smallest absolute Gasteiger partial charge is 0.243 e. The van der Waals surface area contributed by atoms with Crippen LogP contribution >= 0.6 is 11.8 Å². The van der Waals surface area contributed by atoms with Gasteiger partial charge in [0.05, 0.1) is 6.54 Å². The summed E-state index contributed by atoms with van der Waals surface area (Å²) < 4.78 is 0. The van der Waals surface area contributed by atoms with Crippen molar-refractivity contribution in [1.82, 2.24) is 5.32 Å². The number of amides is 2. The second-order valence-corrected chi connectivity index (χ2v) is 8.10. The molecule has 0 radical (unpaired) electrons. The van der Waals surface area contributed by atoms with E-state index in [-0.39, 0.29) is 24.3 Å². The standard InChI is InChI=1S/C21H24N2O2S/c1-13-4-7-18(10-14(13)2)26-17-8-5-16(6-9-17)23-20(24)12-22-21(25)19-11-15(19)3/h4-10,15,19H,11-12H2,1-3H3,(H,22,25)(H,23,24). The second-order valence-electron chi connectivity index (χ2n) is 6.96. The predicted octanol–water partition coefficient (Wildman–Crippen LogP) is 4.17. The Morgan fingerprint density at radius 1 is 1.04 bits per heavy atom. The molecule has 1 aliphatic carbocycles. The van der Waals surface area contributed by atoms with Gasteiger partial charge in [-0.25, -0.2) is 0 Å². The molecule has 0 saturated heterocycles. The summed E-state index contributed by atoms with van der Waals surface area (Å²) in [6.45, 7) is 6.28. The van der Waals surface area contributed by atoms with Gasteiger partial charge in [-0.05, 0) is 73.7 Å². The van der Waals surface area contributed by atoms with Gasteiger partial charge < -0.3 is 10.6 Å². The van der Waals surface area contributed by atoms with Gasteiger partial charge in [0, 0.05) is 21.4 Å². The first-order valence-corrected chi connectivity index (χ1v) is 9.67. The fourth-order valence-corrected chi connectivity index (χ4v) is 3.63. The fourth-order valence-electron chi connectivity index (χ4n) is 2.71. The third-order valence-electron chi connectivity index (χ3n) is 4.72. The van der Waals surface area contributed by atoms with Gasteiger partial charge in [-0.15, -0.1) is 0 Å². The summed E-state index contributed by atoms with van der Waals surface area (Å²) in [5, 5.41) is 5.51. The topological polar surface area (TPSA) is 58.2 Å². The Hall–Kier alpha value is -2.27. The lowest BCUT2D eigenvalue weighted by molar-refractivity contribution is -0.125. The van der Waals surface area contributed by atoms with Crippen LogP contribution in [-0.2, 0) is 9.59 Å². The van der Waals surface area contributed by atoms with Crippen LogP contribution in [0, 0.1) is 25.7 Å². The van der Waals surface area contributed by atoms with Gasteiger partial charge in [-0.3, -0.25) is 9.59 Å². The molecule has 1 aliphatic rings. The molecule has 1 saturated carbocycles. The van der Waals surface area contributed by atoms with Crippen LogP contribution in [0.15, 0.2) is 52.3 Å². The van der Waals surface area contributed by atoms with Crippen LogP contribution in [-0.4, -0.2) is 18.4 Å². The molecule has 2 aromatic rings. The molecule has 0 heterocycles. The van der Waals surface area contributed by atoms with Crippen LogP contribution in [0.1, 0.15) is 24.5 Å². The van der Waals surface area contributed by atoms with E-state index in [1.54, 1.807) is 11.8 Å². The van der Waals surface area contributed by atoms with E-state index in [0.29, 0.717) is 5.92 Å². The lowest BCUT2D eigenvalue weighted by atomic mass is 10.1. The zero-order chi connectivity index (χ0) is 18.7. The summed E-state index contributed by atoms with van der Waals surface area (Å²) >= 11 is 1.69. The fraction of sp³-hybridized carbons (Fsp3) is 0.333. The summed E-state index contributed by atoms with van der Waals surface area (Å²) in [6.07, 6.45) is 0.924. The molecule has 2 unspecified atom stereocenters. The SMILES string of the molecule is Cc1ccc(Sc2ccc(NC(=O)CNC(=O)C3CC3C)cc2)cc1C. The van der Waals surface area contributed by atoms with Crippen LogP contribution in [0.3, 0.4) is 0 Å².